The van der Waals surface area contributed by atoms with Crippen molar-refractivity contribution in [1.29, 1.82) is 0 Å². The second-order valence-electron chi connectivity index (χ2n) is 9.17. The minimum Gasteiger partial charge on any atom is -0.493 e. The standard InChI is InChI=1S/C20H29N3O5S/c1-18(2,3)28-17(24)22-16-19(4,5)29(25,26)15-9-10-27-14-8-7-12(21)11-13(14)20(15,6)23-16/h7-8,11,15H,9-10,21H2,1-6H3,(H,22,23,24)/t15-,20+/m0/s1. The summed E-state index contributed by atoms with van der Waals surface area (Å²) in [5.74, 6) is 0.584. The van der Waals surface area contributed by atoms with Crippen molar-refractivity contribution >= 4 is 27.5 Å². The molecule has 0 unspecified atom stereocenters. The smallest absolute Gasteiger partial charge is 0.413 e. The van der Waals surface area contributed by atoms with Crippen LogP contribution in [0, 0.1) is 0 Å². The Balaban J connectivity index is 2.18. The van der Waals surface area contributed by atoms with Crippen molar-refractivity contribution in [3.05, 3.63) is 23.8 Å². The summed E-state index contributed by atoms with van der Waals surface area (Å²) in [6, 6.07) is 5.12. The van der Waals surface area contributed by atoms with Crippen LogP contribution in [-0.4, -0.2) is 42.6 Å². The molecule has 0 saturated heterocycles. The van der Waals surface area contributed by atoms with E-state index in [-0.39, 0.29) is 18.9 Å². The average Bonchev–Trinajstić information content (AvgIpc) is 2.69. The largest absolute Gasteiger partial charge is 0.493 e. The van der Waals surface area contributed by atoms with E-state index in [4.69, 9.17) is 20.2 Å². The lowest BCUT2D eigenvalue weighted by atomic mass is 9.86. The molecule has 2 aliphatic rings. The highest BCUT2D eigenvalue weighted by atomic mass is 32.2. The average molecular weight is 424 g/mol. The molecule has 0 radical (unpaired) electrons. The van der Waals surface area contributed by atoms with Gasteiger partial charge in [-0.1, -0.05) is 0 Å². The van der Waals surface area contributed by atoms with Gasteiger partial charge in [-0.05, 0) is 59.7 Å². The normalized spacial score (nSPS) is 27.4. The maximum atomic E-state index is 13.6. The number of hydrogen-bond acceptors (Lipinski definition) is 7. The third kappa shape index (κ3) is 3.56. The molecule has 2 aliphatic heterocycles. The lowest BCUT2D eigenvalue weighted by Gasteiger charge is -2.44. The van der Waals surface area contributed by atoms with Gasteiger partial charge < -0.3 is 15.2 Å². The number of ether oxygens (including phenoxy) is 2. The Labute approximate surface area is 171 Å². The van der Waals surface area contributed by atoms with E-state index in [0.29, 0.717) is 17.0 Å². The van der Waals surface area contributed by atoms with Crippen LogP contribution in [0.4, 0.5) is 10.5 Å². The van der Waals surface area contributed by atoms with Crippen molar-refractivity contribution in [1.82, 2.24) is 5.32 Å². The molecule has 1 aromatic carbocycles. The number of sulfone groups is 1. The van der Waals surface area contributed by atoms with E-state index in [2.05, 4.69) is 5.32 Å². The van der Waals surface area contributed by atoms with Crippen molar-refractivity contribution in [2.45, 2.75) is 69.1 Å². The second-order valence-corrected chi connectivity index (χ2v) is 11.9. The first kappa shape index (κ1) is 21.4. The third-order valence-electron chi connectivity index (χ3n) is 5.43. The van der Waals surface area contributed by atoms with Gasteiger partial charge >= 0.3 is 6.09 Å². The summed E-state index contributed by atoms with van der Waals surface area (Å²) in [6.07, 6.45) is -0.473. The van der Waals surface area contributed by atoms with Crippen LogP contribution in [0.2, 0.25) is 0 Å². The number of carbonyl (C=O) groups is 1. The van der Waals surface area contributed by atoms with E-state index in [9.17, 15) is 13.2 Å². The van der Waals surface area contributed by atoms with Crippen LogP contribution >= 0.6 is 0 Å². The highest BCUT2D eigenvalue weighted by Gasteiger charge is 2.58. The Morgan fingerprint density at radius 2 is 1.97 bits per heavy atom. The topological polar surface area (TPSA) is 120 Å². The molecule has 29 heavy (non-hydrogen) atoms. The van der Waals surface area contributed by atoms with E-state index >= 15 is 0 Å². The molecule has 1 aromatic rings. The summed E-state index contributed by atoms with van der Waals surface area (Å²) < 4.78 is 37.0. The Bertz CT molecular complexity index is 978. The van der Waals surface area contributed by atoms with Gasteiger partial charge in [0.1, 0.15) is 27.5 Å². The monoisotopic (exact) mass is 423 g/mol. The SMILES string of the molecule is CC(C)(C)OC(=O)NC1=N[C@]2(C)c3cc(N)ccc3OCC[C@@H]2S(=O)(=O)C1(C)C. The first-order valence-corrected chi connectivity index (χ1v) is 11.1. The Kier molecular flexibility index (Phi) is 4.89. The van der Waals surface area contributed by atoms with Crippen LogP contribution in [-0.2, 0) is 20.1 Å². The highest BCUT2D eigenvalue weighted by Crippen LogP contribution is 2.48. The third-order valence-corrected chi connectivity index (χ3v) is 8.49. The maximum Gasteiger partial charge on any atom is 0.413 e. The Morgan fingerprint density at radius 3 is 2.59 bits per heavy atom. The summed E-state index contributed by atoms with van der Waals surface area (Å²) in [6.45, 7) is 10.3. The lowest BCUT2D eigenvalue weighted by molar-refractivity contribution is 0.0560. The molecule has 0 fully saturated rings. The molecule has 0 aromatic heterocycles. The summed E-state index contributed by atoms with van der Waals surface area (Å²) >= 11 is 0. The fourth-order valence-corrected chi connectivity index (χ4v) is 6.09. The molecule has 0 bridgehead atoms. The zero-order valence-corrected chi connectivity index (χ0v) is 18.5. The molecule has 3 N–H and O–H groups in total. The Hall–Kier alpha value is -2.29. The number of hydrogen-bond donors (Lipinski definition) is 2. The quantitative estimate of drug-likeness (QED) is 0.619. The molecule has 8 nitrogen and oxygen atoms in total. The number of amidine groups is 1. The van der Waals surface area contributed by atoms with Crippen molar-refractivity contribution in [2.75, 3.05) is 12.3 Å². The summed E-state index contributed by atoms with van der Waals surface area (Å²) in [4.78, 5) is 17.2. The molecule has 1 amide bonds. The molecule has 160 valence electrons. The van der Waals surface area contributed by atoms with Crippen molar-refractivity contribution < 1.29 is 22.7 Å². The van der Waals surface area contributed by atoms with Gasteiger partial charge in [0, 0.05) is 17.7 Å². The van der Waals surface area contributed by atoms with Crippen LogP contribution in [0.3, 0.4) is 0 Å². The number of alkyl carbamates (subject to hydrolysis) is 1. The van der Waals surface area contributed by atoms with Gasteiger partial charge in [0.25, 0.3) is 0 Å². The molecule has 2 atom stereocenters. The molecule has 0 spiro atoms. The minimum absolute atomic E-state index is 0.0424. The number of rotatable bonds is 0. The predicted octanol–water partition coefficient (Wildman–Crippen LogP) is 2.77. The maximum absolute atomic E-state index is 13.6. The van der Waals surface area contributed by atoms with Gasteiger partial charge in [0.05, 0.1) is 11.9 Å². The predicted molar refractivity (Wildman–Crippen MR) is 112 cm³/mol. The number of carbonyl (C=O) groups excluding carboxylic acids is 1. The summed E-state index contributed by atoms with van der Waals surface area (Å²) in [5.41, 5.74) is 5.14. The van der Waals surface area contributed by atoms with Gasteiger partial charge in [0.2, 0.25) is 0 Å². The van der Waals surface area contributed by atoms with E-state index in [0.717, 1.165) is 0 Å². The van der Waals surface area contributed by atoms with Crippen LogP contribution in [0.5, 0.6) is 5.75 Å². The molecular weight excluding hydrogens is 394 g/mol. The molecular formula is C20H29N3O5S. The van der Waals surface area contributed by atoms with Crippen LogP contribution in [0.1, 0.15) is 53.5 Å². The number of amides is 1. The molecule has 0 aliphatic carbocycles. The van der Waals surface area contributed by atoms with Gasteiger partial charge in [-0.15, -0.1) is 0 Å². The van der Waals surface area contributed by atoms with E-state index < -0.39 is 37.1 Å². The van der Waals surface area contributed by atoms with Crippen LogP contribution < -0.4 is 15.8 Å². The summed E-state index contributed by atoms with van der Waals surface area (Å²) in [5, 5.41) is 1.76. The number of anilines is 1. The van der Waals surface area contributed by atoms with E-state index in [1.165, 1.54) is 0 Å². The zero-order chi connectivity index (χ0) is 21.8. The number of nitrogens with zero attached hydrogens (tertiary/aromatic N) is 1. The second kappa shape index (κ2) is 6.62. The van der Waals surface area contributed by atoms with Crippen LogP contribution in [0.15, 0.2) is 23.2 Å². The Morgan fingerprint density at radius 1 is 1.31 bits per heavy atom. The first-order chi connectivity index (χ1) is 13.2. The first-order valence-electron chi connectivity index (χ1n) is 9.55. The van der Waals surface area contributed by atoms with Gasteiger partial charge in [-0.2, -0.15) is 0 Å². The number of nitrogens with two attached hydrogens (primary N) is 1. The lowest BCUT2D eigenvalue weighted by Crippen LogP contribution is -2.61. The van der Waals surface area contributed by atoms with Crippen molar-refractivity contribution in [2.24, 2.45) is 4.99 Å². The fourth-order valence-electron chi connectivity index (χ4n) is 3.82. The van der Waals surface area contributed by atoms with Gasteiger partial charge in [-0.25, -0.2) is 13.2 Å². The number of nitrogen functional groups attached to an aromatic ring is 1. The van der Waals surface area contributed by atoms with Gasteiger partial charge in [0.15, 0.2) is 9.84 Å². The number of fused-ring (bicyclic) bond motifs is 3. The van der Waals surface area contributed by atoms with E-state index in [1.54, 1.807) is 59.7 Å². The van der Waals surface area contributed by atoms with Crippen molar-refractivity contribution in [3.63, 3.8) is 0 Å². The molecule has 9 heteroatoms. The highest BCUT2D eigenvalue weighted by molar-refractivity contribution is 7.94. The minimum atomic E-state index is -3.76. The van der Waals surface area contributed by atoms with Gasteiger partial charge in [-0.3, -0.25) is 10.3 Å². The van der Waals surface area contributed by atoms with Crippen molar-refractivity contribution in [3.8, 4) is 5.75 Å². The number of nitrogens with one attached hydrogen (secondary N) is 1. The summed E-state index contributed by atoms with van der Waals surface area (Å²) in [7, 11) is -3.76. The molecule has 0 saturated carbocycles. The molecule has 2 heterocycles. The van der Waals surface area contributed by atoms with E-state index in [1.807, 2.05) is 0 Å². The zero-order valence-electron chi connectivity index (χ0n) is 17.7. The fraction of sp³-hybridized carbons (Fsp3) is 0.600. The number of aliphatic imine (C=N–C) groups is 1. The number of benzene rings is 1. The van der Waals surface area contributed by atoms with Crippen LogP contribution in [0.25, 0.3) is 0 Å². The molecule has 3 rings (SSSR count).